The lowest BCUT2D eigenvalue weighted by Crippen LogP contribution is -2.45. The van der Waals surface area contributed by atoms with E-state index in [4.69, 9.17) is 10.00 Å². The van der Waals surface area contributed by atoms with Crippen molar-refractivity contribution in [1.29, 1.82) is 5.26 Å². The Morgan fingerprint density at radius 1 is 1.60 bits per heavy atom. The van der Waals surface area contributed by atoms with Gasteiger partial charge in [-0.1, -0.05) is 0 Å². The molecular weight excluding hydrogens is 192 g/mol. The molecule has 1 rings (SSSR count). The van der Waals surface area contributed by atoms with Crippen molar-refractivity contribution in [3.8, 4) is 6.07 Å². The Morgan fingerprint density at radius 2 is 2.20 bits per heavy atom. The standard InChI is InChI=1S/C11H18N2O2/c1-3-13(11(14)9(2)8-12)10-4-6-15-7-5-10/h9-10H,3-7H2,1-2H3. The van der Waals surface area contributed by atoms with Gasteiger partial charge in [0.2, 0.25) is 5.91 Å². The average Bonchev–Trinajstić information content (AvgIpc) is 2.30. The predicted molar refractivity (Wildman–Crippen MR) is 56.0 cm³/mol. The fourth-order valence-corrected chi connectivity index (χ4v) is 1.89. The van der Waals surface area contributed by atoms with Crippen LogP contribution in [0.1, 0.15) is 26.7 Å². The summed E-state index contributed by atoms with van der Waals surface area (Å²) in [7, 11) is 0. The van der Waals surface area contributed by atoms with Crippen LogP contribution < -0.4 is 0 Å². The van der Waals surface area contributed by atoms with Crippen LogP contribution in [0.5, 0.6) is 0 Å². The second-order valence-corrected chi connectivity index (χ2v) is 3.82. The first-order valence-electron chi connectivity index (χ1n) is 5.48. The zero-order valence-corrected chi connectivity index (χ0v) is 9.40. The molecule has 1 fully saturated rings. The van der Waals surface area contributed by atoms with Gasteiger partial charge in [-0.2, -0.15) is 5.26 Å². The van der Waals surface area contributed by atoms with Crippen molar-refractivity contribution in [3.05, 3.63) is 0 Å². The minimum atomic E-state index is -0.534. The van der Waals surface area contributed by atoms with Gasteiger partial charge in [0.05, 0.1) is 6.07 Å². The average molecular weight is 210 g/mol. The molecule has 0 aliphatic carbocycles. The number of nitrogens with zero attached hydrogens (tertiary/aromatic N) is 2. The molecule has 0 N–H and O–H groups in total. The van der Waals surface area contributed by atoms with Crippen molar-refractivity contribution >= 4 is 5.91 Å². The molecular formula is C11H18N2O2. The minimum absolute atomic E-state index is 0.0492. The molecule has 4 heteroatoms. The summed E-state index contributed by atoms with van der Waals surface area (Å²) < 4.78 is 5.26. The van der Waals surface area contributed by atoms with Crippen molar-refractivity contribution in [1.82, 2.24) is 4.90 Å². The fraction of sp³-hybridized carbons (Fsp3) is 0.818. The normalized spacial score (nSPS) is 19.3. The molecule has 1 unspecified atom stereocenters. The van der Waals surface area contributed by atoms with E-state index in [0.717, 1.165) is 26.1 Å². The molecule has 1 amide bonds. The molecule has 0 aromatic heterocycles. The van der Waals surface area contributed by atoms with Gasteiger partial charge in [-0.15, -0.1) is 0 Å². The van der Waals surface area contributed by atoms with Gasteiger partial charge in [0.1, 0.15) is 5.92 Å². The van der Waals surface area contributed by atoms with Crippen molar-refractivity contribution in [3.63, 3.8) is 0 Å². The van der Waals surface area contributed by atoms with Crippen LogP contribution in [0.25, 0.3) is 0 Å². The number of ether oxygens (including phenoxy) is 1. The van der Waals surface area contributed by atoms with Crippen molar-refractivity contribution in [2.24, 2.45) is 5.92 Å². The first-order chi connectivity index (χ1) is 7.20. The lowest BCUT2D eigenvalue weighted by molar-refractivity contribution is -0.137. The zero-order chi connectivity index (χ0) is 11.3. The van der Waals surface area contributed by atoms with Gasteiger partial charge in [0, 0.05) is 25.8 Å². The fourth-order valence-electron chi connectivity index (χ4n) is 1.89. The van der Waals surface area contributed by atoms with E-state index < -0.39 is 5.92 Å². The third-order valence-electron chi connectivity index (χ3n) is 2.82. The summed E-state index contributed by atoms with van der Waals surface area (Å²) in [5, 5.41) is 8.73. The molecule has 0 aromatic carbocycles. The Bertz CT molecular complexity index is 254. The van der Waals surface area contributed by atoms with Gasteiger partial charge in [0.15, 0.2) is 0 Å². The summed E-state index contributed by atoms with van der Waals surface area (Å²) in [5.74, 6) is -0.584. The van der Waals surface area contributed by atoms with Crippen LogP contribution in [0.4, 0.5) is 0 Å². The number of hydrogen-bond donors (Lipinski definition) is 0. The lowest BCUT2D eigenvalue weighted by Gasteiger charge is -2.34. The van der Waals surface area contributed by atoms with Crippen LogP contribution in [0.3, 0.4) is 0 Å². The highest BCUT2D eigenvalue weighted by Crippen LogP contribution is 2.16. The number of carbonyl (C=O) groups is 1. The Morgan fingerprint density at radius 3 is 2.67 bits per heavy atom. The van der Waals surface area contributed by atoms with E-state index in [0.29, 0.717) is 6.54 Å². The van der Waals surface area contributed by atoms with Gasteiger partial charge >= 0.3 is 0 Å². The number of nitriles is 1. The molecule has 1 saturated heterocycles. The first kappa shape index (κ1) is 12.0. The van der Waals surface area contributed by atoms with E-state index in [2.05, 4.69) is 0 Å². The number of carbonyl (C=O) groups excluding carboxylic acids is 1. The van der Waals surface area contributed by atoms with Crippen molar-refractivity contribution in [2.75, 3.05) is 19.8 Å². The highest BCUT2D eigenvalue weighted by molar-refractivity contribution is 5.81. The smallest absolute Gasteiger partial charge is 0.239 e. The van der Waals surface area contributed by atoms with Gasteiger partial charge in [-0.25, -0.2) is 0 Å². The van der Waals surface area contributed by atoms with Crippen molar-refractivity contribution < 1.29 is 9.53 Å². The van der Waals surface area contributed by atoms with Crippen LogP contribution >= 0.6 is 0 Å². The quantitative estimate of drug-likeness (QED) is 0.702. The summed E-state index contributed by atoms with van der Waals surface area (Å²) in [6.45, 7) is 5.72. The Hall–Kier alpha value is -1.08. The zero-order valence-electron chi connectivity index (χ0n) is 9.40. The molecule has 1 heterocycles. The number of rotatable bonds is 3. The van der Waals surface area contributed by atoms with Crippen LogP contribution in [0, 0.1) is 17.2 Å². The van der Waals surface area contributed by atoms with Gasteiger partial charge < -0.3 is 9.64 Å². The molecule has 15 heavy (non-hydrogen) atoms. The molecule has 0 spiro atoms. The Kier molecular flexibility index (Phi) is 4.57. The topological polar surface area (TPSA) is 53.3 Å². The van der Waals surface area contributed by atoms with Gasteiger partial charge in [-0.3, -0.25) is 4.79 Å². The monoisotopic (exact) mass is 210 g/mol. The minimum Gasteiger partial charge on any atom is -0.381 e. The molecule has 0 aromatic rings. The highest BCUT2D eigenvalue weighted by atomic mass is 16.5. The third kappa shape index (κ3) is 2.93. The maximum absolute atomic E-state index is 11.9. The second-order valence-electron chi connectivity index (χ2n) is 3.82. The first-order valence-corrected chi connectivity index (χ1v) is 5.48. The largest absolute Gasteiger partial charge is 0.381 e. The van der Waals surface area contributed by atoms with Gasteiger partial charge in [0.25, 0.3) is 0 Å². The molecule has 1 aliphatic rings. The highest BCUT2D eigenvalue weighted by Gasteiger charge is 2.27. The van der Waals surface area contributed by atoms with E-state index >= 15 is 0 Å². The second kappa shape index (κ2) is 5.72. The Balaban J connectivity index is 2.61. The van der Waals surface area contributed by atoms with Crippen LogP contribution in [-0.2, 0) is 9.53 Å². The maximum Gasteiger partial charge on any atom is 0.239 e. The van der Waals surface area contributed by atoms with E-state index in [-0.39, 0.29) is 11.9 Å². The molecule has 0 bridgehead atoms. The molecule has 1 atom stereocenters. The summed E-state index contributed by atoms with van der Waals surface area (Å²) in [6.07, 6.45) is 1.77. The third-order valence-corrected chi connectivity index (χ3v) is 2.82. The van der Waals surface area contributed by atoms with Crippen molar-refractivity contribution in [2.45, 2.75) is 32.7 Å². The molecule has 0 radical (unpaired) electrons. The molecule has 4 nitrogen and oxygen atoms in total. The van der Waals surface area contributed by atoms with Crippen LogP contribution in [0.2, 0.25) is 0 Å². The van der Waals surface area contributed by atoms with E-state index in [1.54, 1.807) is 6.92 Å². The summed E-state index contributed by atoms with van der Waals surface area (Å²) in [6, 6.07) is 2.25. The van der Waals surface area contributed by atoms with E-state index in [1.165, 1.54) is 0 Å². The summed E-state index contributed by atoms with van der Waals surface area (Å²) in [5.41, 5.74) is 0. The van der Waals surface area contributed by atoms with Gasteiger partial charge in [-0.05, 0) is 26.7 Å². The predicted octanol–water partition coefficient (Wildman–Crippen LogP) is 1.17. The van der Waals surface area contributed by atoms with Crippen LogP contribution in [-0.4, -0.2) is 36.6 Å². The molecule has 1 aliphatic heterocycles. The van der Waals surface area contributed by atoms with E-state index in [1.807, 2.05) is 17.9 Å². The lowest BCUT2D eigenvalue weighted by atomic mass is 10.0. The summed E-state index contributed by atoms with van der Waals surface area (Å²) >= 11 is 0. The van der Waals surface area contributed by atoms with E-state index in [9.17, 15) is 4.79 Å². The SMILES string of the molecule is CCN(C(=O)C(C)C#N)C1CCOCC1. The van der Waals surface area contributed by atoms with Crippen LogP contribution in [0.15, 0.2) is 0 Å². The number of hydrogen-bond acceptors (Lipinski definition) is 3. The maximum atomic E-state index is 11.9. The molecule has 84 valence electrons. The Labute approximate surface area is 90.8 Å². The molecule has 0 saturated carbocycles. The summed E-state index contributed by atoms with van der Waals surface area (Å²) in [4.78, 5) is 13.7. The number of amides is 1.